The van der Waals surface area contributed by atoms with Gasteiger partial charge in [0.1, 0.15) is 0 Å². The largest absolute Gasteiger partial charge is 0.418 e. The summed E-state index contributed by atoms with van der Waals surface area (Å²) in [5.41, 5.74) is 0.275. The first-order valence-electron chi connectivity index (χ1n) is 10.9. The summed E-state index contributed by atoms with van der Waals surface area (Å²) in [6, 6.07) is 6.28. The van der Waals surface area contributed by atoms with Crippen molar-refractivity contribution in [2.75, 3.05) is 37.6 Å². The molecule has 0 spiro atoms. The molecule has 0 N–H and O–H groups in total. The lowest BCUT2D eigenvalue weighted by Gasteiger charge is -2.34. The van der Waals surface area contributed by atoms with E-state index in [0.717, 1.165) is 50.6 Å². The highest BCUT2D eigenvalue weighted by molar-refractivity contribution is 5.94. The van der Waals surface area contributed by atoms with Crippen LogP contribution in [0, 0.1) is 5.92 Å². The van der Waals surface area contributed by atoms with Crippen molar-refractivity contribution in [1.29, 1.82) is 0 Å². The molecule has 6 heteroatoms. The van der Waals surface area contributed by atoms with Gasteiger partial charge in [0, 0.05) is 30.4 Å². The van der Waals surface area contributed by atoms with Crippen molar-refractivity contribution in [2.45, 2.75) is 52.1 Å². The van der Waals surface area contributed by atoms with Crippen molar-refractivity contribution >= 4 is 16.6 Å². The Morgan fingerprint density at radius 3 is 2.45 bits per heavy atom. The van der Waals surface area contributed by atoms with Crippen LogP contribution in [0.4, 0.5) is 18.9 Å². The van der Waals surface area contributed by atoms with Crippen LogP contribution in [0.1, 0.15) is 51.5 Å². The normalized spacial score (nSPS) is 16.1. The lowest BCUT2D eigenvalue weighted by atomic mass is 9.91. The van der Waals surface area contributed by atoms with E-state index in [9.17, 15) is 13.2 Å². The Kier molecular flexibility index (Phi) is 7.38. The second-order valence-electron chi connectivity index (χ2n) is 7.98. The molecule has 1 aromatic heterocycles. The zero-order valence-corrected chi connectivity index (χ0v) is 17.5. The maximum Gasteiger partial charge on any atom is 0.418 e. The molecule has 1 aliphatic heterocycles. The SMILES string of the molecule is CCN(CC)CCCCC1CCN(c2ccc(C(F)(F)F)c3ncccc23)CC1. The zero-order valence-electron chi connectivity index (χ0n) is 17.5. The van der Waals surface area contributed by atoms with Crippen molar-refractivity contribution in [1.82, 2.24) is 9.88 Å². The van der Waals surface area contributed by atoms with E-state index < -0.39 is 11.7 Å². The molecule has 1 aliphatic rings. The Morgan fingerprint density at radius 1 is 1.07 bits per heavy atom. The number of benzene rings is 1. The lowest BCUT2D eigenvalue weighted by Crippen LogP contribution is -2.34. The van der Waals surface area contributed by atoms with Gasteiger partial charge in [-0.1, -0.05) is 26.7 Å². The number of nitrogens with zero attached hydrogens (tertiary/aromatic N) is 3. The Hall–Kier alpha value is -1.82. The molecule has 2 aromatic rings. The minimum atomic E-state index is -4.39. The van der Waals surface area contributed by atoms with E-state index >= 15 is 0 Å². The summed E-state index contributed by atoms with van der Waals surface area (Å²) in [7, 11) is 0. The van der Waals surface area contributed by atoms with Crippen LogP contribution in [0.2, 0.25) is 0 Å². The summed E-state index contributed by atoms with van der Waals surface area (Å²) < 4.78 is 40.0. The molecule has 3 nitrogen and oxygen atoms in total. The first kappa shape index (κ1) is 21.9. The van der Waals surface area contributed by atoms with Gasteiger partial charge in [-0.25, -0.2) is 0 Å². The first-order valence-corrected chi connectivity index (χ1v) is 10.9. The fraction of sp³-hybridized carbons (Fsp3) is 0.609. The number of fused-ring (bicyclic) bond motifs is 1. The molecule has 0 aliphatic carbocycles. The van der Waals surface area contributed by atoms with Crippen molar-refractivity contribution < 1.29 is 13.2 Å². The van der Waals surface area contributed by atoms with Gasteiger partial charge in [-0.15, -0.1) is 0 Å². The van der Waals surface area contributed by atoms with Gasteiger partial charge in [-0.3, -0.25) is 4.98 Å². The standard InChI is InChI=1S/C23H32F3N3/c1-3-28(4-2)15-6-5-8-18-12-16-29(17-13-18)21-11-10-20(23(24,25)26)22-19(21)9-7-14-27-22/h7,9-11,14,18H,3-6,8,12-13,15-17H2,1-2H3. The highest BCUT2D eigenvalue weighted by atomic mass is 19.4. The molecule has 0 atom stereocenters. The summed E-state index contributed by atoms with van der Waals surface area (Å²) in [5, 5.41) is 0.597. The third kappa shape index (κ3) is 5.41. The number of rotatable bonds is 8. The zero-order chi connectivity index (χ0) is 20.9. The maximum absolute atomic E-state index is 13.3. The molecule has 0 saturated carbocycles. The van der Waals surface area contributed by atoms with E-state index in [1.54, 1.807) is 18.2 Å². The third-order valence-corrected chi connectivity index (χ3v) is 6.24. The molecule has 1 saturated heterocycles. The summed E-state index contributed by atoms with van der Waals surface area (Å²) in [4.78, 5) is 8.74. The van der Waals surface area contributed by atoms with E-state index in [1.807, 2.05) is 0 Å². The molecule has 2 heterocycles. The molecule has 0 radical (unpaired) electrons. The van der Waals surface area contributed by atoms with E-state index in [2.05, 4.69) is 28.6 Å². The topological polar surface area (TPSA) is 19.4 Å². The van der Waals surface area contributed by atoms with Gasteiger partial charge in [0.2, 0.25) is 0 Å². The second kappa shape index (κ2) is 9.79. The Morgan fingerprint density at radius 2 is 1.79 bits per heavy atom. The number of hydrogen-bond acceptors (Lipinski definition) is 3. The number of aromatic nitrogens is 1. The van der Waals surface area contributed by atoms with E-state index in [-0.39, 0.29) is 5.52 Å². The second-order valence-corrected chi connectivity index (χ2v) is 7.98. The van der Waals surface area contributed by atoms with Gasteiger partial charge in [-0.2, -0.15) is 13.2 Å². The molecule has 3 rings (SSSR count). The average Bonchev–Trinajstić information content (AvgIpc) is 2.73. The van der Waals surface area contributed by atoms with Crippen molar-refractivity contribution in [2.24, 2.45) is 5.92 Å². The Labute approximate surface area is 171 Å². The number of halogens is 3. The minimum absolute atomic E-state index is 0.0519. The van der Waals surface area contributed by atoms with Gasteiger partial charge in [0.05, 0.1) is 11.1 Å². The van der Waals surface area contributed by atoms with Crippen LogP contribution in [-0.4, -0.2) is 42.6 Å². The number of anilines is 1. The predicted octanol–water partition coefficient (Wildman–Crippen LogP) is 5.98. The van der Waals surface area contributed by atoms with Crippen molar-refractivity contribution in [3.63, 3.8) is 0 Å². The van der Waals surface area contributed by atoms with Crippen LogP contribution in [0.25, 0.3) is 10.9 Å². The molecule has 29 heavy (non-hydrogen) atoms. The average molecular weight is 408 g/mol. The first-order chi connectivity index (χ1) is 13.9. The van der Waals surface area contributed by atoms with Crippen LogP contribution >= 0.6 is 0 Å². The summed E-state index contributed by atoms with van der Waals surface area (Å²) >= 11 is 0. The molecule has 0 bridgehead atoms. The molecule has 0 unspecified atom stereocenters. The van der Waals surface area contributed by atoms with Crippen LogP contribution in [0.15, 0.2) is 30.5 Å². The molecule has 1 aromatic carbocycles. The lowest BCUT2D eigenvalue weighted by molar-refractivity contribution is -0.136. The van der Waals surface area contributed by atoms with E-state index in [4.69, 9.17) is 0 Å². The summed E-state index contributed by atoms with van der Waals surface area (Å²) in [6.07, 6.45) is 3.02. The highest BCUT2D eigenvalue weighted by Gasteiger charge is 2.34. The van der Waals surface area contributed by atoms with Gasteiger partial charge >= 0.3 is 6.18 Å². The molecular weight excluding hydrogens is 375 g/mol. The van der Waals surface area contributed by atoms with Gasteiger partial charge in [-0.05, 0) is 69.1 Å². The minimum Gasteiger partial charge on any atom is -0.371 e. The van der Waals surface area contributed by atoms with Crippen LogP contribution in [0.3, 0.4) is 0 Å². The Bertz CT molecular complexity index is 779. The maximum atomic E-state index is 13.3. The number of piperidine rings is 1. The number of pyridine rings is 1. The predicted molar refractivity (Wildman–Crippen MR) is 113 cm³/mol. The highest BCUT2D eigenvalue weighted by Crippen LogP contribution is 2.38. The number of unbranched alkanes of at least 4 members (excludes halogenated alkanes) is 1. The number of alkyl halides is 3. The smallest absolute Gasteiger partial charge is 0.371 e. The van der Waals surface area contributed by atoms with Crippen molar-refractivity contribution in [3.8, 4) is 0 Å². The number of hydrogen-bond donors (Lipinski definition) is 0. The molecule has 1 fully saturated rings. The fourth-order valence-electron chi connectivity index (χ4n) is 4.43. The van der Waals surface area contributed by atoms with E-state index in [0.29, 0.717) is 5.39 Å². The van der Waals surface area contributed by atoms with Crippen LogP contribution < -0.4 is 4.90 Å². The van der Waals surface area contributed by atoms with Crippen LogP contribution in [0.5, 0.6) is 0 Å². The van der Waals surface area contributed by atoms with Gasteiger partial charge in [0.15, 0.2) is 0 Å². The van der Waals surface area contributed by atoms with Crippen molar-refractivity contribution in [3.05, 3.63) is 36.0 Å². The quantitative estimate of drug-likeness (QED) is 0.502. The third-order valence-electron chi connectivity index (χ3n) is 6.24. The molecule has 160 valence electrons. The van der Waals surface area contributed by atoms with E-state index in [1.165, 1.54) is 38.1 Å². The molecule has 0 amide bonds. The fourth-order valence-corrected chi connectivity index (χ4v) is 4.43. The molecular formula is C23H32F3N3. The van der Waals surface area contributed by atoms with Gasteiger partial charge < -0.3 is 9.80 Å². The summed E-state index contributed by atoms with van der Waals surface area (Å²) in [5.74, 6) is 0.724. The van der Waals surface area contributed by atoms with Crippen LogP contribution in [-0.2, 0) is 6.18 Å². The monoisotopic (exact) mass is 407 g/mol. The van der Waals surface area contributed by atoms with Gasteiger partial charge in [0.25, 0.3) is 0 Å². The Balaban J connectivity index is 1.59. The summed E-state index contributed by atoms with van der Waals surface area (Å²) in [6.45, 7) is 9.62.